The minimum Gasteiger partial charge on any atom is -0.468 e. The van der Waals surface area contributed by atoms with Crippen LogP contribution in [0.5, 0.6) is 0 Å². The molecule has 2 N–H and O–H groups in total. The van der Waals surface area contributed by atoms with Crippen molar-refractivity contribution in [2.75, 3.05) is 13.7 Å². The van der Waals surface area contributed by atoms with Crippen LogP contribution in [-0.4, -0.2) is 33.5 Å². The summed E-state index contributed by atoms with van der Waals surface area (Å²) in [5.41, 5.74) is 4.61. The fourth-order valence-electron chi connectivity index (χ4n) is 1.37. The number of carbonyl (C=O) groups is 1. The summed E-state index contributed by atoms with van der Waals surface area (Å²) in [5.74, 6) is -0.845. The molecule has 0 heterocycles. The Morgan fingerprint density at radius 3 is 2.24 bits per heavy atom. The first-order chi connectivity index (χ1) is 9.33. The fraction of sp³-hybridized carbons (Fsp3) is 0.800. The average molecular weight is 319 g/mol. The smallest absolute Gasteiger partial charge is 0.325 e. The lowest BCUT2D eigenvalue weighted by atomic mass is 9.97. The van der Waals surface area contributed by atoms with E-state index in [1.54, 1.807) is 0 Å². The van der Waals surface area contributed by atoms with Crippen LogP contribution < -0.4 is 5.73 Å². The second-order valence-electron chi connectivity index (χ2n) is 7.13. The van der Waals surface area contributed by atoms with Crippen LogP contribution in [0.1, 0.15) is 40.5 Å². The van der Waals surface area contributed by atoms with Crippen LogP contribution in [0.15, 0.2) is 11.9 Å². The molecule has 4 nitrogen and oxygen atoms in total. The van der Waals surface area contributed by atoms with E-state index in [2.05, 4.69) is 38.6 Å². The van der Waals surface area contributed by atoms with E-state index in [9.17, 15) is 9.18 Å². The number of rotatable bonds is 7. The van der Waals surface area contributed by atoms with Crippen LogP contribution in [0, 0.1) is 0 Å². The Labute approximate surface area is 129 Å². The average Bonchev–Trinajstić information content (AvgIpc) is 2.33. The van der Waals surface area contributed by atoms with E-state index >= 15 is 0 Å². The third-order valence-electron chi connectivity index (χ3n) is 4.09. The first kappa shape index (κ1) is 20.3. The molecule has 0 amide bonds. The molecule has 0 bridgehead atoms. The maximum Gasteiger partial charge on any atom is 0.325 e. The standard InChI is InChI=1S/C15H30FNO3Si/c1-14(2,3)21(6,7)20-11-9-12(16)8-10-15(4,17)13(18)19-5/h9H,8,10-11,17H2,1-7H3/b12-9+. The monoisotopic (exact) mass is 319 g/mol. The van der Waals surface area contributed by atoms with Crippen LogP contribution in [0.2, 0.25) is 18.1 Å². The van der Waals surface area contributed by atoms with Crippen LogP contribution in [0.25, 0.3) is 0 Å². The first-order valence-electron chi connectivity index (χ1n) is 7.19. The zero-order valence-electron chi connectivity index (χ0n) is 14.4. The van der Waals surface area contributed by atoms with E-state index in [4.69, 9.17) is 10.2 Å². The lowest BCUT2D eigenvalue weighted by molar-refractivity contribution is -0.146. The topological polar surface area (TPSA) is 61.5 Å². The second kappa shape index (κ2) is 7.51. The summed E-state index contributed by atoms with van der Waals surface area (Å²) in [6, 6.07) is 0. The molecule has 0 saturated carbocycles. The third-order valence-corrected chi connectivity index (χ3v) is 8.59. The van der Waals surface area contributed by atoms with Gasteiger partial charge in [0.1, 0.15) is 5.54 Å². The van der Waals surface area contributed by atoms with Crippen molar-refractivity contribution in [1.29, 1.82) is 0 Å². The van der Waals surface area contributed by atoms with E-state index in [0.717, 1.165) is 0 Å². The number of carbonyl (C=O) groups excluding carboxylic acids is 1. The van der Waals surface area contributed by atoms with Gasteiger partial charge in [-0.15, -0.1) is 0 Å². The van der Waals surface area contributed by atoms with Gasteiger partial charge in [0, 0.05) is 6.42 Å². The number of hydrogen-bond donors (Lipinski definition) is 1. The molecule has 1 unspecified atom stereocenters. The van der Waals surface area contributed by atoms with Gasteiger partial charge < -0.3 is 14.9 Å². The Morgan fingerprint density at radius 1 is 1.29 bits per heavy atom. The number of methoxy groups -OCH3 is 1. The zero-order valence-corrected chi connectivity index (χ0v) is 15.4. The largest absolute Gasteiger partial charge is 0.468 e. The van der Waals surface area contributed by atoms with Crippen molar-refractivity contribution in [2.45, 2.75) is 64.2 Å². The van der Waals surface area contributed by atoms with Gasteiger partial charge in [-0.05, 0) is 37.6 Å². The molecular formula is C15H30FNO3Si. The summed E-state index contributed by atoms with van der Waals surface area (Å²) < 4.78 is 24.2. The summed E-state index contributed by atoms with van der Waals surface area (Å²) in [6.45, 7) is 12.4. The molecule has 0 fully saturated rings. The molecular weight excluding hydrogens is 289 g/mol. The number of ether oxygens (including phenoxy) is 1. The molecule has 0 aromatic carbocycles. The number of hydrogen-bond acceptors (Lipinski definition) is 4. The van der Waals surface area contributed by atoms with Gasteiger partial charge in [-0.2, -0.15) is 0 Å². The van der Waals surface area contributed by atoms with Crippen molar-refractivity contribution in [3.8, 4) is 0 Å². The quantitative estimate of drug-likeness (QED) is 0.576. The fourth-order valence-corrected chi connectivity index (χ4v) is 2.31. The van der Waals surface area contributed by atoms with E-state index in [0.29, 0.717) is 0 Å². The van der Waals surface area contributed by atoms with Crippen molar-refractivity contribution in [1.82, 2.24) is 0 Å². The predicted molar refractivity (Wildman–Crippen MR) is 86.2 cm³/mol. The predicted octanol–water partition coefficient (Wildman–Crippen LogP) is 3.53. The molecule has 0 radical (unpaired) electrons. The summed E-state index contributed by atoms with van der Waals surface area (Å²) in [5, 5.41) is 0.0953. The molecule has 0 saturated heterocycles. The molecule has 0 rings (SSSR count). The highest BCUT2D eigenvalue weighted by molar-refractivity contribution is 6.74. The van der Waals surface area contributed by atoms with Gasteiger partial charge in [-0.1, -0.05) is 20.8 Å². The van der Waals surface area contributed by atoms with Crippen molar-refractivity contribution < 1.29 is 18.3 Å². The molecule has 6 heteroatoms. The van der Waals surface area contributed by atoms with Gasteiger partial charge in [0.25, 0.3) is 0 Å². The van der Waals surface area contributed by atoms with Crippen LogP contribution >= 0.6 is 0 Å². The van der Waals surface area contributed by atoms with Crippen molar-refractivity contribution in [3.05, 3.63) is 11.9 Å². The van der Waals surface area contributed by atoms with Crippen LogP contribution in [0.3, 0.4) is 0 Å². The minimum atomic E-state index is -1.87. The SMILES string of the molecule is COC(=O)C(C)(N)CC/C(F)=C\CO[Si](C)(C)C(C)(C)C. The Kier molecular flexibility index (Phi) is 7.25. The van der Waals surface area contributed by atoms with Gasteiger partial charge >= 0.3 is 5.97 Å². The Balaban J connectivity index is 4.38. The highest BCUT2D eigenvalue weighted by Gasteiger charge is 2.36. The van der Waals surface area contributed by atoms with Crippen molar-refractivity contribution in [2.24, 2.45) is 5.73 Å². The highest BCUT2D eigenvalue weighted by Crippen LogP contribution is 2.36. The lowest BCUT2D eigenvalue weighted by Gasteiger charge is -2.35. The number of esters is 1. The normalized spacial score (nSPS) is 16.5. The van der Waals surface area contributed by atoms with E-state index in [1.165, 1.54) is 20.1 Å². The number of halogens is 1. The second-order valence-corrected chi connectivity index (χ2v) is 11.9. The molecule has 1 atom stereocenters. The van der Waals surface area contributed by atoms with Crippen LogP contribution in [0.4, 0.5) is 4.39 Å². The molecule has 0 aliphatic heterocycles. The summed E-state index contributed by atoms with van der Waals surface area (Å²) in [4.78, 5) is 11.4. The number of allylic oxidation sites excluding steroid dienone is 1. The Morgan fingerprint density at radius 2 is 1.81 bits per heavy atom. The molecule has 0 aromatic heterocycles. The van der Waals surface area contributed by atoms with Gasteiger partial charge in [-0.3, -0.25) is 4.79 Å². The summed E-state index contributed by atoms with van der Waals surface area (Å²) in [6.07, 6.45) is 1.72. The maximum atomic E-state index is 13.8. The van der Waals surface area contributed by atoms with Gasteiger partial charge in [0.2, 0.25) is 0 Å². The van der Waals surface area contributed by atoms with E-state index in [-0.39, 0.29) is 30.3 Å². The minimum absolute atomic E-state index is 0.0953. The molecule has 0 aromatic rings. The zero-order chi connectivity index (χ0) is 16.9. The van der Waals surface area contributed by atoms with Crippen molar-refractivity contribution >= 4 is 14.3 Å². The summed E-state index contributed by atoms with van der Waals surface area (Å²) in [7, 11) is -0.595. The van der Waals surface area contributed by atoms with Gasteiger partial charge in [-0.25, -0.2) is 4.39 Å². The summed E-state index contributed by atoms with van der Waals surface area (Å²) >= 11 is 0. The molecule has 21 heavy (non-hydrogen) atoms. The maximum absolute atomic E-state index is 13.8. The van der Waals surface area contributed by atoms with Gasteiger partial charge in [0.05, 0.1) is 19.5 Å². The molecule has 0 spiro atoms. The Hall–Kier alpha value is -0.723. The highest BCUT2D eigenvalue weighted by atomic mass is 28.4. The van der Waals surface area contributed by atoms with E-state index in [1.807, 2.05) is 0 Å². The van der Waals surface area contributed by atoms with E-state index < -0.39 is 19.8 Å². The molecule has 0 aliphatic rings. The lowest BCUT2D eigenvalue weighted by Crippen LogP contribution is -2.45. The van der Waals surface area contributed by atoms with Crippen LogP contribution in [-0.2, 0) is 14.0 Å². The third kappa shape index (κ3) is 6.71. The Bertz CT molecular complexity index is 387. The first-order valence-corrected chi connectivity index (χ1v) is 10.1. The van der Waals surface area contributed by atoms with Gasteiger partial charge in [0.15, 0.2) is 8.32 Å². The van der Waals surface area contributed by atoms with Crippen molar-refractivity contribution in [3.63, 3.8) is 0 Å². The molecule has 124 valence electrons. The molecule has 0 aliphatic carbocycles. The number of nitrogens with two attached hydrogens (primary N) is 1.